The van der Waals surface area contributed by atoms with Crippen LogP contribution in [-0.2, 0) is 17.8 Å². The molecule has 3 aromatic rings. The number of nitrogens with zero attached hydrogens (tertiary/aromatic N) is 2. The predicted octanol–water partition coefficient (Wildman–Crippen LogP) is 4.56. The van der Waals surface area contributed by atoms with Crippen molar-refractivity contribution in [3.8, 4) is 11.5 Å². The Kier molecular flexibility index (Phi) is 7.14. The molecule has 152 valence electrons. The Bertz CT molecular complexity index is 954. The van der Waals surface area contributed by atoms with Gasteiger partial charge in [-0.05, 0) is 49.2 Å². The number of nitrogens with one attached hydrogen (secondary N) is 1. The molecule has 3 rings (SSSR count). The van der Waals surface area contributed by atoms with E-state index in [9.17, 15) is 4.79 Å². The summed E-state index contributed by atoms with van der Waals surface area (Å²) < 4.78 is 12.9. The van der Waals surface area contributed by atoms with Crippen LogP contribution in [0.5, 0.6) is 11.5 Å². The Morgan fingerprint density at radius 3 is 2.41 bits per heavy atom. The minimum atomic E-state index is -0.145. The quantitative estimate of drug-likeness (QED) is 0.558. The van der Waals surface area contributed by atoms with Crippen LogP contribution in [0.25, 0.3) is 0 Å². The molecule has 2 aromatic carbocycles. The van der Waals surface area contributed by atoms with E-state index in [0.717, 1.165) is 11.1 Å². The summed E-state index contributed by atoms with van der Waals surface area (Å²) in [4.78, 5) is 12.4. The molecule has 1 heterocycles. The summed E-state index contributed by atoms with van der Waals surface area (Å²) in [5.74, 6) is 1.69. The fourth-order valence-electron chi connectivity index (χ4n) is 2.87. The van der Waals surface area contributed by atoms with Crippen LogP contribution >= 0.6 is 11.6 Å². The van der Waals surface area contributed by atoms with Gasteiger partial charge >= 0.3 is 0 Å². The van der Waals surface area contributed by atoms with Crippen LogP contribution in [0.15, 0.2) is 54.7 Å². The molecule has 6 nitrogen and oxygen atoms in total. The van der Waals surface area contributed by atoms with Gasteiger partial charge in [0, 0.05) is 17.3 Å². The highest BCUT2D eigenvalue weighted by molar-refractivity contribution is 6.30. The van der Waals surface area contributed by atoms with Gasteiger partial charge in [0.25, 0.3) is 0 Å². The lowest BCUT2D eigenvalue weighted by Gasteiger charge is -2.12. The molecule has 0 spiro atoms. The predicted molar refractivity (Wildman–Crippen MR) is 114 cm³/mol. The van der Waals surface area contributed by atoms with Gasteiger partial charge in [0.15, 0.2) is 17.3 Å². The first-order valence-corrected chi connectivity index (χ1v) is 9.91. The zero-order valence-corrected chi connectivity index (χ0v) is 17.3. The summed E-state index contributed by atoms with van der Waals surface area (Å²) in [6, 6.07) is 14.9. The maximum absolute atomic E-state index is 12.4. The number of hydrogen-bond acceptors (Lipinski definition) is 4. The molecular weight excluding hydrogens is 390 g/mol. The molecule has 0 saturated heterocycles. The number of hydrogen-bond donors (Lipinski definition) is 1. The Balaban J connectivity index is 1.60. The molecule has 0 unspecified atom stereocenters. The van der Waals surface area contributed by atoms with Crippen molar-refractivity contribution in [3.63, 3.8) is 0 Å². The maximum Gasteiger partial charge on any atom is 0.229 e. The van der Waals surface area contributed by atoms with Crippen LogP contribution in [-0.4, -0.2) is 28.9 Å². The van der Waals surface area contributed by atoms with Crippen molar-refractivity contribution in [1.29, 1.82) is 0 Å². The summed E-state index contributed by atoms with van der Waals surface area (Å²) in [7, 11) is 0. The second kappa shape index (κ2) is 9.98. The van der Waals surface area contributed by atoms with E-state index in [2.05, 4.69) is 10.4 Å². The molecule has 1 aromatic heterocycles. The third-order valence-corrected chi connectivity index (χ3v) is 4.39. The van der Waals surface area contributed by atoms with Crippen molar-refractivity contribution in [1.82, 2.24) is 9.78 Å². The largest absolute Gasteiger partial charge is 0.490 e. The van der Waals surface area contributed by atoms with Crippen molar-refractivity contribution in [2.45, 2.75) is 26.8 Å². The lowest BCUT2D eigenvalue weighted by Crippen LogP contribution is -2.15. The van der Waals surface area contributed by atoms with Gasteiger partial charge in [0.05, 0.1) is 26.2 Å². The molecule has 0 atom stereocenters. The number of rotatable bonds is 9. The molecule has 29 heavy (non-hydrogen) atoms. The van der Waals surface area contributed by atoms with E-state index in [1.807, 2.05) is 62.5 Å². The second-order valence-corrected chi connectivity index (χ2v) is 6.83. The monoisotopic (exact) mass is 413 g/mol. The smallest absolute Gasteiger partial charge is 0.229 e. The number of ether oxygens (including phenoxy) is 2. The standard InChI is InChI=1S/C22H24ClN3O3/c1-3-28-19-10-7-17(13-20(19)29-4-2)14-22(27)24-21-11-12-26(25-21)15-16-5-8-18(23)9-6-16/h5-13H,3-4,14-15H2,1-2H3,(H,24,25,27). The van der Waals surface area contributed by atoms with Gasteiger partial charge in [0.2, 0.25) is 5.91 Å². The number of amides is 1. The average Bonchev–Trinajstić information content (AvgIpc) is 3.12. The van der Waals surface area contributed by atoms with E-state index in [0.29, 0.717) is 42.1 Å². The molecule has 0 radical (unpaired) electrons. The molecule has 0 saturated carbocycles. The summed E-state index contributed by atoms with van der Waals surface area (Å²) in [6.07, 6.45) is 2.05. The number of anilines is 1. The lowest BCUT2D eigenvalue weighted by atomic mass is 10.1. The van der Waals surface area contributed by atoms with Crippen molar-refractivity contribution in [2.75, 3.05) is 18.5 Å². The fourth-order valence-corrected chi connectivity index (χ4v) is 3.00. The normalized spacial score (nSPS) is 10.6. The summed E-state index contributed by atoms with van der Waals surface area (Å²) in [6.45, 7) is 5.52. The lowest BCUT2D eigenvalue weighted by molar-refractivity contribution is -0.115. The van der Waals surface area contributed by atoms with Gasteiger partial charge < -0.3 is 14.8 Å². The number of benzene rings is 2. The first-order chi connectivity index (χ1) is 14.1. The minimum Gasteiger partial charge on any atom is -0.490 e. The van der Waals surface area contributed by atoms with Crippen LogP contribution in [0.2, 0.25) is 5.02 Å². The van der Waals surface area contributed by atoms with E-state index in [1.54, 1.807) is 10.7 Å². The van der Waals surface area contributed by atoms with Crippen LogP contribution in [0.4, 0.5) is 5.82 Å². The summed E-state index contributed by atoms with van der Waals surface area (Å²) in [5, 5.41) is 7.93. The highest BCUT2D eigenvalue weighted by Gasteiger charge is 2.11. The van der Waals surface area contributed by atoms with E-state index < -0.39 is 0 Å². The van der Waals surface area contributed by atoms with Gasteiger partial charge in [-0.15, -0.1) is 0 Å². The zero-order valence-electron chi connectivity index (χ0n) is 16.5. The molecule has 0 aliphatic rings. The summed E-state index contributed by atoms with van der Waals surface area (Å²) >= 11 is 5.91. The molecule has 7 heteroatoms. The Labute approximate surface area is 175 Å². The topological polar surface area (TPSA) is 65.4 Å². The number of aromatic nitrogens is 2. The first kappa shape index (κ1) is 20.7. The fraction of sp³-hybridized carbons (Fsp3) is 0.273. The molecular formula is C22H24ClN3O3. The van der Waals surface area contributed by atoms with Gasteiger partial charge in [-0.25, -0.2) is 0 Å². The van der Waals surface area contributed by atoms with E-state index >= 15 is 0 Å². The molecule has 0 fully saturated rings. The van der Waals surface area contributed by atoms with Crippen LogP contribution in [0, 0.1) is 0 Å². The summed E-state index contributed by atoms with van der Waals surface area (Å²) in [5.41, 5.74) is 1.92. The third kappa shape index (κ3) is 5.99. The van der Waals surface area contributed by atoms with Gasteiger partial charge in [0.1, 0.15) is 0 Å². The zero-order chi connectivity index (χ0) is 20.6. The Hall–Kier alpha value is -2.99. The van der Waals surface area contributed by atoms with Crippen molar-refractivity contribution in [2.24, 2.45) is 0 Å². The van der Waals surface area contributed by atoms with Crippen molar-refractivity contribution < 1.29 is 14.3 Å². The average molecular weight is 414 g/mol. The van der Waals surface area contributed by atoms with Crippen LogP contribution < -0.4 is 14.8 Å². The van der Waals surface area contributed by atoms with Crippen molar-refractivity contribution >= 4 is 23.3 Å². The SMILES string of the molecule is CCOc1ccc(CC(=O)Nc2ccn(Cc3ccc(Cl)cc3)n2)cc1OCC. The molecule has 0 bridgehead atoms. The highest BCUT2D eigenvalue weighted by atomic mass is 35.5. The molecule has 1 amide bonds. The van der Waals surface area contributed by atoms with Gasteiger partial charge in [-0.2, -0.15) is 5.10 Å². The van der Waals surface area contributed by atoms with Crippen LogP contribution in [0.1, 0.15) is 25.0 Å². The molecule has 0 aliphatic heterocycles. The number of halogens is 1. The Morgan fingerprint density at radius 2 is 1.69 bits per heavy atom. The second-order valence-electron chi connectivity index (χ2n) is 6.40. The number of carbonyl (C=O) groups is 1. The van der Waals surface area contributed by atoms with Crippen molar-refractivity contribution in [3.05, 3.63) is 70.9 Å². The van der Waals surface area contributed by atoms with Crippen LogP contribution in [0.3, 0.4) is 0 Å². The maximum atomic E-state index is 12.4. The molecule has 0 aliphatic carbocycles. The van der Waals surface area contributed by atoms with E-state index in [-0.39, 0.29) is 12.3 Å². The van der Waals surface area contributed by atoms with Gasteiger partial charge in [-0.3, -0.25) is 9.48 Å². The Morgan fingerprint density at radius 1 is 1.00 bits per heavy atom. The van der Waals surface area contributed by atoms with E-state index in [1.165, 1.54) is 0 Å². The minimum absolute atomic E-state index is 0.145. The number of carbonyl (C=O) groups excluding carboxylic acids is 1. The van der Waals surface area contributed by atoms with Gasteiger partial charge in [-0.1, -0.05) is 29.8 Å². The highest BCUT2D eigenvalue weighted by Crippen LogP contribution is 2.28. The first-order valence-electron chi connectivity index (χ1n) is 9.53. The third-order valence-electron chi connectivity index (χ3n) is 4.14. The molecule has 1 N–H and O–H groups in total. The van der Waals surface area contributed by atoms with E-state index in [4.69, 9.17) is 21.1 Å².